The number of rotatable bonds is 20. The van der Waals surface area contributed by atoms with Gasteiger partial charge in [0.05, 0.1) is 62.0 Å². The average Bonchev–Trinajstić information content (AvgIpc) is 3.32. The van der Waals surface area contributed by atoms with Crippen LogP contribution in [0.5, 0.6) is 5.88 Å². The molecule has 1 aromatic heterocycles. The van der Waals surface area contributed by atoms with Crippen LogP contribution in [0.4, 0.5) is 4.79 Å². The Morgan fingerprint density at radius 1 is 0.689 bits per heavy atom. The molecule has 3 aromatic rings. The third-order valence-corrected chi connectivity index (χ3v) is 7.15. The van der Waals surface area contributed by atoms with Gasteiger partial charge in [0.2, 0.25) is 5.88 Å². The molecule has 246 valence electrons. The van der Waals surface area contributed by atoms with E-state index in [1.807, 2.05) is 88.4 Å². The Balaban J connectivity index is 1.44. The van der Waals surface area contributed by atoms with Crippen molar-refractivity contribution in [3.63, 3.8) is 0 Å². The molecule has 0 saturated carbocycles. The number of ether oxygens (including phenoxy) is 6. The summed E-state index contributed by atoms with van der Waals surface area (Å²) >= 11 is 0. The molecule has 3 rings (SSSR count). The zero-order valence-corrected chi connectivity index (χ0v) is 26.8. The van der Waals surface area contributed by atoms with Crippen LogP contribution < -0.4 is 10.3 Å². The molecule has 0 aliphatic heterocycles. The topological polar surface area (TPSA) is 116 Å². The third kappa shape index (κ3) is 10.9. The molecule has 0 radical (unpaired) electrons. The Hall–Kier alpha value is -3.93. The molecule has 0 spiro atoms. The largest absolute Gasteiger partial charge is 0.515 e. The third-order valence-electron chi connectivity index (χ3n) is 7.15. The Labute approximate surface area is 264 Å². The second-order valence-corrected chi connectivity index (χ2v) is 10.9. The van der Waals surface area contributed by atoms with Crippen LogP contribution in [0.1, 0.15) is 52.5 Å². The fourth-order valence-corrected chi connectivity index (χ4v) is 4.17. The van der Waals surface area contributed by atoms with Crippen molar-refractivity contribution in [1.29, 1.82) is 0 Å². The standard InChI is InChI=1S/C34H46N2O9/c1-5-7-18-29-30(37)35(27-14-10-8-11-15-27)36(28-16-12-9-13-17-28)31(29)45-33(39)44-26-24-42-22-20-40-19-21-41-23-25-43-32(38)34(3,4)6-2/h8-17H,5-7,18-26H2,1-4H3. The van der Waals surface area contributed by atoms with Gasteiger partial charge in [-0.15, -0.1) is 0 Å². The number of hydrogen-bond acceptors (Lipinski definition) is 9. The second-order valence-electron chi connectivity index (χ2n) is 10.9. The molecule has 45 heavy (non-hydrogen) atoms. The zero-order valence-electron chi connectivity index (χ0n) is 26.8. The maximum Gasteiger partial charge on any atom is 0.515 e. The fourth-order valence-electron chi connectivity index (χ4n) is 4.17. The normalized spacial score (nSPS) is 11.4. The lowest BCUT2D eigenvalue weighted by Crippen LogP contribution is -2.27. The minimum Gasteiger partial charge on any atom is -0.463 e. The summed E-state index contributed by atoms with van der Waals surface area (Å²) < 4.78 is 35.7. The van der Waals surface area contributed by atoms with Crippen molar-refractivity contribution < 1.29 is 38.0 Å². The lowest BCUT2D eigenvalue weighted by molar-refractivity contribution is -0.155. The average molecular weight is 627 g/mol. The molecule has 0 saturated heterocycles. The van der Waals surface area contributed by atoms with E-state index in [4.69, 9.17) is 28.4 Å². The van der Waals surface area contributed by atoms with E-state index in [1.165, 1.54) is 4.68 Å². The summed E-state index contributed by atoms with van der Waals surface area (Å²) in [6.07, 6.45) is 1.85. The fraction of sp³-hybridized carbons (Fsp3) is 0.500. The SMILES string of the molecule is CCCCc1c(OC(=O)OCCOCCOCCOCCOC(=O)C(C)(C)CC)n(-c2ccccc2)n(-c2ccccc2)c1=O. The first kappa shape index (κ1) is 35.5. The number of carbonyl (C=O) groups is 2. The number of hydrogen-bond donors (Lipinski definition) is 0. The highest BCUT2D eigenvalue weighted by Crippen LogP contribution is 2.26. The van der Waals surface area contributed by atoms with E-state index in [9.17, 15) is 14.4 Å². The van der Waals surface area contributed by atoms with E-state index in [2.05, 4.69) is 0 Å². The minimum atomic E-state index is -0.927. The van der Waals surface area contributed by atoms with Gasteiger partial charge in [-0.05, 0) is 57.4 Å². The van der Waals surface area contributed by atoms with Crippen LogP contribution in [0.2, 0.25) is 0 Å². The van der Waals surface area contributed by atoms with Crippen molar-refractivity contribution in [2.45, 2.75) is 53.4 Å². The predicted molar refractivity (Wildman–Crippen MR) is 169 cm³/mol. The Kier molecular flexibility index (Phi) is 14.8. The number of benzene rings is 2. The molecule has 11 heteroatoms. The van der Waals surface area contributed by atoms with E-state index in [0.29, 0.717) is 62.8 Å². The van der Waals surface area contributed by atoms with Gasteiger partial charge in [0, 0.05) is 0 Å². The first-order chi connectivity index (χ1) is 21.8. The molecule has 0 bridgehead atoms. The smallest absolute Gasteiger partial charge is 0.463 e. The summed E-state index contributed by atoms with van der Waals surface area (Å²) in [5, 5.41) is 0. The van der Waals surface area contributed by atoms with Gasteiger partial charge < -0.3 is 28.4 Å². The zero-order chi connectivity index (χ0) is 32.5. The van der Waals surface area contributed by atoms with Gasteiger partial charge >= 0.3 is 12.1 Å². The number of esters is 1. The Bertz CT molecular complexity index is 1370. The highest BCUT2D eigenvalue weighted by molar-refractivity contribution is 5.75. The Morgan fingerprint density at radius 2 is 1.18 bits per heavy atom. The van der Waals surface area contributed by atoms with Crippen molar-refractivity contribution in [3.05, 3.63) is 76.6 Å². The molecule has 1 heterocycles. The van der Waals surface area contributed by atoms with E-state index in [1.54, 1.807) is 4.68 Å². The molecule has 0 unspecified atom stereocenters. The molecule has 2 aromatic carbocycles. The van der Waals surface area contributed by atoms with Gasteiger partial charge in [0.15, 0.2) is 0 Å². The predicted octanol–water partition coefficient (Wildman–Crippen LogP) is 5.52. The van der Waals surface area contributed by atoms with Gasteiger partial charge in [-0.25, -0.2) is 14.2 Å². The number of unbranched alkanes of at least 4 members (excludes halogenated alkanes) is 1. The summed E-state index contributed by atoms with van der Waals surface area (Å²) in [6.45, 7) is 9.68. The molecular weight excluding hydrogens is 580 g/mol. The summed E-state index contributed by atoms with van der Waals surface area (Å²) in [6, 6.07) is 18.5. The summed E-state index contributed by atoms with van der Waals surface area (Å²) in [4.78, 5) is 38.3. The molecule has 0 fully saturated rings. The number of carbonyl (C=O) groups excluding carboxylic acids is 2. The maximum atomic E-state index is 13.7. The molecule has 0 atom stereocenters. The van der Waals surface area contributed by atoms with Crippen LogP contribution in [0.3, 0.4) is 0 Å². The van der Waals surface area contributed by atoms with Gasteiger partial charge in [0.25, 0.3) is 5.56 Å². The van der Waals surface area contributed by atoms with Crippen LogP contribution in [-0.4, -0.2) is 74.3 Å². The van der Waals surface area contributed by atoms with E-state index >= 15 is 0 Å². The van der Waals surface area contributed by atoms with Crippen molar-refractivity contribution in [2.24, 2.45) is 5.41 Å². The van der Waals surface area contributed by atoms with Crippen molar-refractivity contribution in [2.75, 3.05) is 52.9 Å². The second kappa shape index (κ2) is 18.8. The van der Waals surface area contributed by atoms with E-state index in [0.717, 1.165) is 12.8 Å². The Morgan fingerprint density at radius 3 is 1.69 bits per heavy atom. The van der Waals surface area contributed by atoms with Gasteiger partial charge in [-0.1, -0.05) is 56.7 Å². The number of aromatic nitrogens is 2. The first-order valence-electron chi connectivity index (χ1n) is 15.5. The van der Waals surface area contributed by atoms with Crippen LogP contribution in [-0.2, 0) is 34.9 Å². The molecule has 0 amide bonds. The van der Waals surface area contributed by atoms with E-state index in [-0.39, 0.29) is 37.2 Å². The monoisotopic (exact) mass is 626 g/mol. The lowest BCUT2D eigenvalue weighted by atomic mass is 9.91. The maximum absolute atomic E-state index is 13.7. The highest BCUT2D eigenvalue weighted by Gasteiger charge is 2.27. The minimum absolute atomic E-state index is 0.0330. The molecular formula is C34H46N2O9. The summed E-state index contributed by atoms with van der Waals surface area (Å²) in [5.74, 6) is -0.0986. The van der Waals surface area contributed by atoms with E-state index < -0.39 is 11.6 Å². The van der Waals surface area contributed by atoms with Crippen molar-refractivity contribution >= 4 is 12.1 Å². The molecule has 0 aliphatic rings. The van der Waals surface area contributed by atoms with Crippen molar-refractivity contribution in [1.82, 2.24) is 9.36 Å². The van der Waals surface area contributed by atoms with Gasteiger partial charge in [-0.3, -0.25) is 9.59 Å². The molecule has 0 N–H and O–H groups in total. The van der Waals surface area contributed by atoms with Gasteiger partial charge in [0.1, 0.15) is 13.2 Å². The van der Waals surface area contributed by atoms with Crippen LogP contribution in [0.15, 0.2) is 65.5 Å². The van der Waals surface area contributed by atoms with Crippen molar-refractivity contribution in [3.8, 4) is 17.3 Å². The number of nitrogens with zero attached hydrogens (tertiary/aromatic N) is 2. The first-order valence-corrected chi connectivity index (χ1v) is 15.5. The molecule has 0 aliphatic carbocycles. The van der Waals surface area contributed by atoms with Crippen LogP contribution in [0, 0.1) is 5.41 Å². The molecule has 11 nitrogen and oxygen atoms in total. The van der Waals surface area contributed by atoms with Gasteiger partial charge in [-0.2, -0.15) is 0 Å². The quantitative estimate of drug-likeness (QED) is 0.118. The van der Waals surface area contributed by atoms with Crippen LogP contribution in [0.25, 0.3) is 11.4 Å². The summed E-state index contributed by atoms with van der Waals surface area (Å²) in [5.41, 5.74) is 0.965. The number of para-hydroxylation sites is 2. The summed E-state index contributed by atoms with van der Waals surface area (Å²) in [7, 11) is 0. The highest BCUT2D eigenvalue weighted by atomic mass is 16.7. The van der Waals surface area contributed by atoms with Crippen LogP contribution >= 0.6 is 0 Å². The lowest BCUT2D eigenvalue weighted by Gasteiger charge is -2.20.